The van der Waals surface area contributed by atoms with Crippen LogP contribution in [0, 0.1) is 0 Å². The fraction of sp³-hybridized carbons (Fsp3) is 0.100. The van der Waals surface area contributed by atoms with Crippen molar-refractivity contribution in [2.75, 3.05) is 0 Å². The quantitative estimate of drug-likeness (QED) is 0.816. The first-order valence-corrected chi connectivity index (χ1v) is 4.46. The number of hydrogen-bond acceptors (Lipinski definition) is 1. The number of alkyl halides is 3. The zero-order valence-electron chi connectivity index (χ0n) is 7.75. The van der Waals surface area contributed by atoms with E-state index in [1.54, 1.807) is 0 Å². The Kier molecular flexibility index (Phi) is 3.59. The number of benzene rings is 1. The van der Waals surface area contributed by atoms with Crippen LogP contribution < -0.4 is 0 Å². The Balaban J connectivity index is 3.13. The van der Waals surface area contributed by atoms with E-state index in [4.69, 9.17) is 16.7 Å². The van der Waals surface area contributed by atoms with Crippen LogP contribution in [0.5, 0.6) is 0 Å². The molecular weight excluding hydrogens is 245 g/mol. The highest BCUT2D eigenvalue weighted by molar-refractivity contribution is 6.31. The SMILES string of the molecule is O=C(O)/C=C/c1ccc(Cl)c(C(F)(F)F)c1. The number of halogens is 4. The minimum atomic E-state index is -4.55. The van der Waals surface area contributed by atoms with Crippen LogP contribution in [0.4, 0.5) is 13.2 Å². The van der Waals surface area contributed by atoms with Gasteiger partial charge in [0.15, 0.2) is 0 Å². The van der Waals surface area contributed by atoms with Gasteiger partial charge in [-0.25, -0.2) is 4.79 Å². The molecule has 0 fully saturated rings. The molecule has 0 saturated carbocycles. The monoisotopic (exact) mass is 250 g/mol. The van der Waals surface area contributed by atoms with Crippen LogP contribution in [0.15, 0.2) is 24.3 Å². The lowest BCUT2D eigenvalue weighted by molar-refractivity contribution is -0.137. The molecule has 0 aliphatic heterocycles. The van der Waals surface area contributed by atoms with Crippen molar-refractivity contribution < 1.29 is 23.1 Å². The highest BCUT2D eigenvalue weighted by atomic mass is 35.5. The number of carbonyl (C=O) groups is 1. The fourth-order valence-corrected chi connectivity index (χ4v) is 1.26. The highest BCUT2D eigenvalue weighted by Crippen LogP contribution is 2.35. The van der Waals surface area contributed by atoms with Crippen molar-refractivity contribution in [1.82, 2.24) is 0 Å². The highest BCUT2D eigenvalue weighted by Gasteiger charge is 2.33. The van der Waals surface area contributed by atoms with Gasteiger partial charge in [0.2, 0.25) is 0 Å². The first-order chi connectivity index (χ1) is 7.30. The van der Waals surface area contributed by atoms with Gasteiger partial charge in [-0.3, -0.25) is 0 Å². The summed E-state index contributed by atoms with van der Waals surface area (Å²) in [5.74, 6) is -1.23. The standard InChI is InChI=1S/C10H6ClF3O2/c11-8-3-1-6(2-4-9(15)16)5-7(8)10(12,13)14/h1-5H,(H,15,16)/b4-2+. The van der Waals surface area contributed by atoms with Gasteiger partial charge in [0.05, 0.1) is 10.6 Å². The number of hydrogen-bond donors (Lipinski definition) is 1. The third-order valence-corrected chi connectivity index (χ3v) is 2.04. The van der Waals surface area contributed by atoms with Gasteiger partial charge < -0.3 is 5.11 Å². The summed E-state index contributed by atoms with van der Waals surface area (Å²) >= 11 is 5.38. The van der Waals surface area contributed by atoms with Gasteiger partial charge in [0.25, 0.3) is 0 Å². The van der Waals surface area contributed by atoms with Crippen LogP contribution in [-0.2, 0) is 11.0 Å². The molecule has 0 saturated heterocycles. The van der Waals surface area contributed by atoms with Crippen molar-refractivity contribution in [3.05, 3.63) is 40.4 Å². The second kappa shape index (κ2) is 4.57. The molecule has 1 rings (SSSR count). The number of carboxylic acids is 1. The molecule has 0 atom stereocenters. The Labute approximate surface area is 94.0 Å². The van der Waals surface area contributed by atoms with Crippen molar-refractivity contribution in [2.24, 2.45) is 0 Å². The second-order valence-electron chi connectivity index (χ2n) is 2.91. The molecule has 1 aromatic carbocycles. The molecule has 0 aliphatic rings. The van der Waals surface area contributed by atoms with Crippen LogP contribution in [0.2, 0.25) is 5.02 Å². The van der Waals surface area contributed by atoms with Crippen molar-refractivity contribution in [3.63, 3.8) is 0 Å². The van der Waals surface area contributed by atoms with E-state index in [9.17, 15) is 18.0 Å². The molecule has 0 aliphatic carbocycles. The van der Waals surface area contributed by atoms with E-state index < -0.39 is 22.7 Å². The van der Waals surface area contributed by atoms with Crippen molar-refractivity contribution in [3.8, 4) is 0 Å². The topological polar surface area (TPSA) is 37.3 Å². The maximum Gasteiger partial charge on any atom is 0.417 e. The smallest absolute Gasteiger partial charge is 0.417 e. The average molecular weight is 251 g/mol. The van der Waals surface area contributed by atoms with Crippen molar-refractivity contribution in [1.29, 1.82) is 0 Å². The third kappa shape index (κ3) is 3.27. The van der Waals surface area contributed by atoms with Gasteiger partial charge in [-0.15, -0.1) is 0 Å². The Morgan fingerprint density at radius 1 is 1.38 bits per heavy atom. The van der Waals surface area contributed by atoms with E-state index in [1.807, 2.05) is 0 Å². The normalized spacial score (nSPS) is 12.0. The first kappa shape index (κ1) is 12.6. The summed E-state index contributed by atoms with van der Waals surface area (Å²) in [4.78, 5) is 10.2. The molecule has 1 aromatic rings. The van der Waals surface area contributed by atoms with E-state index >= 15 is 0 Å². The Morgan fingerprint density at radius 2 is 2.00 bits per heavy atom. The van der Waals surface area contributed by atoms with Crippen LogP contribution in [0.1, 0.15) is 11.1 Å². The van der Waals surface area contributed by atoms with E-state index in [1.165, 1.54) is 6.07 Å². The van der Waals surface area contributed by atoms with Gasteiger partial charge in [0, 0.05) is 6.08 Å². The molecule has 16 heavy (non-hydrogen) atoms. The van der Waals surface area contributed by atoms with Crippen LogP contribution in [0.25, 0.3) is 6.08 Å². The van der Waals surface area contributed by atoms with E-state index in [2.05, 4.69) is 0 Å². The summed E-state index contributed by atoms with van der Waals surface area (Å²) in [6.07, 6.45) is -2.73. The lowest BCUT2D eigenvalue weighted by atomic mass is 10.1. The fourth-order valence-electron chi connectivity index (χ4n) is 1.03. The van der Waals surface area contributed by atoms with Gasteiger partial charge >= 0.3 is 12.1 Å². The largest absolute Gasteiger partial charge is 0.478 e. The Morgan fingerprint density at radius 3 is 2.50 bits per heavy atom. The number of carboxylic acid groups (broad SMARTS) is 1. The lowest BCUT2D eigenvalue weighted by Crippen LogP contribution is -2.05. The molecule has 6 heteroatoms. The molecule has 0 heterocycles. The first-order valence-electron chi connectivity index (χ1n) is 4.08. The van der Waals surface area contributed by atoms with Gasteiger partial charge in [0.1, 0.15) is 0 Å². The summed E-state index contributed by atoms with van der Waals surface area (Å²) in [6.45, 7) is 0. The predicted molar refractivity (Wildman–Crippen MR) is 53.1 cm³/mol. The Bertz CT molecular complexity index is 438. The molecule has 0 aromatic heterocycles. The van der Waals surface area contributed by atoms with Gasteiger partial charge in [-0.1, -0.05) is 17.7 Å². The maximum atomic E-state index is 12.4. The zero-order valence-corrected chi connectivity index (χ0v) is 8.51. The van der Waals surface area contributed by atoms with Gasteiger partial charge in [-0.05, 0) is 23.8 Å². The summed E-state index contributed by atoms with van der Waals surface area (Å²) in [6, 6.07) is 3.17. The number of rotatable bonds is 2. The maximum absolute atomic E-state index is 12.4. The molecule has 0 bridgehead atoms. The molecule has 0 unspecified atom stereocenters. The third-order valence-electron chi connectivity index (χ3n) is 1.71. The lowest BCUT2D eigenvalue weighted by Gasteiger charge is -2.09. The van der Waals surface area contributed by atoms with Crippen LogP contribution in [0.3, 0.4) is 0 Å². The molecule has 2 nitrogen and oxygen atoms in total. The molecule has 1 N–H and O–H groups in total. The average Bonchev–Trinajstić information content (AvgIpc) is 2.14. The van der Waals surface area contributed by atoms with Crippen molar-refractivity contribution in [2.45, 2.75) is 6.18 Å². The van der Waals surface area contributed by atoms with Gasteiger partial charge in [-0.2, -0.15) is 13.2 Å². The molecule has 0 amide bonds. The van der Waals surface area contributed by atoms with E-state index in [0.29, 0.717) is 0 Å². The summed E-state index contributed by atoms with van der Waals surface area (Å²) in [5.41, 5.74) is -0.860. The molecular formula is C10H6ClF3O2. The Hall–Kier alpha value is -1.49. The second-order valence-corrected chi connectivity index (χ2v) is 3.32. The van der Waals surface area contributed by atoms with Crippen LogP contribution in [-0.4, -0.2) is 11.1 Å². The summed E-state index contributed by atoms with van der Waals surface area (Å²) < 4.78 is 37.2. The van der Waals surface area contributed by atoms with Crippen LogP contribution >= 0.6 is 11.6 Å². The summed E-state index contributed by atoms with van der Waals surface area (Å²) in [7, 11) is 0. The summed E-state index contributed by atoms with van der Waals surface area (Å²) in [5, 5.41) is 7.91. The molecule has 86 valence electrons. The predicted octanol–water partition coefficient (Wildman–Crippen LogP) is 3.46. The minimum Gasteiger partial charge on any atom is -0.478 e. The van der Waals surface area contributed by atoms with E-state index in [0.717, 1.165) is 24.3 Å². The van der Waals surface area contributed by atoms with Crippen molar-refractivity contribution >= 4 is 23.6 Å². The molecule has 0 spiro atoms. The number of aliphatic carboxylic acids is 1. The molecule has 0 radical (unpaired) electrons. The van der Waals surface area contributed by atoms with E-state index in [-0.39, 0.29) is 5.56 Å². The zero-order chi connectivity index (χ0) is 12.3. The minimum absolute atomic E-state index is 0.124.